The third kappa shape index (κ3) is 3.92. The molecule has 1 unspecified atom stereocenters. The van der Waals surface area contributed by atoms with E-state index in [-0.39, 0.29) is 30.7 Å². The lowest BCUT2D eigenvalue weighted by molar-refractivity contribution is -0.156. The number of aryl methyl sites for hydroxylation is 2. The first-order valence-electron chi connectivity index (χ1n) is 10.1. The molecule has 2 saturated heterocycles. The Balaban J connectivity index is 1.44. The highest BCUT2D eigenvalue weighted by Crippen LogP contribution is 2.22. The molecule has 0 saturated carbocycles. The summed E-state index contributed by atoms with van der Waals surface area (Å²) in [7, 11) is 0. The number of carbonyl (C=O) groups is 3. The predicted molar refractivity (Wildman–Crippen MR) is 106 cm³/mol. The van der Waals surface area contributed by atoms with Gasteiger partial charge in [0.25, 0.3) is 0 Å². The molecule has 2 aliphatic rings. The minimum Gasteiger partial charge on any atom is -0.361 e. The lowest BCUT2D eigenvalue weighted by atomic mass is 10.1. The zero-order valence-electron chi connectivity index (χ0n) is 17.2. The summed E-state index contributed by atoms with van der Waals surface area (Å²) in [6.07, 6.45) is 3.99. The summed E-state index contributed by atoms with van der Waals surface area (Å²) < 4.78 is 5.15. The van der Waals surface area contributed by atoms with Gasteiger partial charge in [-0.2, -0.15) is 0 Å². The molecule has 9 nitrogen and oxygen atoms in total. The normalized spacial score (nSPS) is 19.7. The van der Waals surface area contributed by atoms with Crippen LogP contribution in [0.25, 0.3) is 0 Å². The maximum atomic E-state index is 13.1. The van der Waals surface area contributed by atoms with E-state index in [4.69, 9.17) is 4.52 Å². The second kappa shape index (κ2) is 8.25. The highest BCUT2D eigenvalue weighted by Gasteiger charge is 2.41. The number of rotatable bonds is 4. The molecule has 0 aliphatic carbocycles. The fourth-order valence-corrected chi connectivity index (χ4v) is 4.14. The van der Waals surface area contributed by atoms with E-state index in [1.807, 2.05) is 19.1 Å². The molecule has 2 fully saturated rings. The Morgan fingerprint density at radius 3 is 2.63 bits per heavy atom. The van der Waals surface area contributed by atoms with Gasteiger partial charge in [0.15, 0.2) is 0 Å². The lowest BCUT2D eigenvalue weighted by Gasteiger charge is -2.39. The van der Waals surface area contributed by atoms with Crippen LogP contribution in [0.15, 0.2) is 29.0 Å². The van der Waals surface area contributed by atoms with Crippen molar-refractivity contribution in [2.75, 3.05) is 26.2 Å². The van der Waals surface area contributed by atoms with Crippen LogP contribution in [0.1, 0.15) is 29.0 Å². The molecule has 2 aliphatic heterocycles. The summed E-state index contributed by atoms with van der Waals surface area (Å²) in [4.78, 5) is 47.6. The van der Waals surface area contributed by atoms with Crippen LogP contribution in [0, 0.1) is 13.8 Å². The maximum absolute atomic E-state index is 13.1. The Bertz CT molecular complexity index is 938. The van der Waals surface area contributed by atoms with Crippen LogP contribution in [-0.2, 0) is 27.3 Å². The molecule has 0 radical (unpaired) electrons. The second-order valence-corrected chi connectivity index (χ2v) is 7.80. The van der Waals surface area contributed by atoms with E-state index < -0.39 is 6.04 Å². The monoisotopic (exact) mass is 411 g/mol. The minimum atomic E-state index is -0.523. The van der Waals surface area contributed by atoms with Gasteiger partial charge >= 0.3 is 0 Å². The SMILES string of the molecule is Cc1noc(C)c1CC(=O)N1CCC2C(=O)N(Cc3ccncc3)CC(=O)N2CC1. The van der Waals surface area contributed by atoms with Crippen molar-refractivity contribution >= 4 is 17.7 Å². The van der Waals surface area contributed by atoms with E-state index in [1.54, 1.807) is 34.0 Å². The topological polar surface area (TPSA) is 99.9 Å². The summed E-state index contributed by atoms with van der Waals surface area (Å²) in [5.74, 6) is 0.461. The van der Waals surface area contributed by atoms with Gasteiger partial charge in [0.05, 0.1) is 12.1 Å². The molecule has 4 heterocycles. The molecular weight excluding hydrogens is 386 g/mol. The molecule has 30 heavy (non-hydrogen) atoms. The van der Waals surface area contributed by atoms with E-state index in [1.165, 1.54) is 0 Å². The highest BCUT2D eigenvalue weighted by molar-refractivity contribution is 5.95. The first-order valence-corrected chi connectivity index (χ1v) is 10.1. The number of amides is 3. The van der Waals surface area contributed by atoms with E-state index in [9.17, 15) is 14.4 Å². The van der Waals surface area contributed by atoms with Crippen molar-refractivity contribution in [3.8, 4) is 0 Å². The Hall–Kier alpha value is -3.23. The molecule has 0 aromatic carbocycles. The summed E-state index contributed by atoms with van der Waals surface area (Å²) in [5.41, 5.74) is 2.45. The third-order valence-corrected chi connectivity index (χ3v) is 5.89. The zero-order valence-corrected chi connectivity index (χ0v) is 17.2. The zero-order chi connectivity index (χ0) is 21.3. The van der Waals surface area contributed by atoms with Gasteiger partial charge in [-0.1, -0.05) is 5.16 Å². The van der Waals surface area contributed by atoms with Gasteiger partial charge in [0.2, 0.25) is 17.7 Å². The van der Waals surface area contributed by atoms with Crippen molar-refractivity contribution in [2.45, 2.75) is 39.3 Å². The fraction of sp³-hybridized carbons (Fsp3) is 0.476. The van der Waals surface area contributed by atoms with Crippen molar-refractivity contribution in [1.29, 1.82) is 0 Å². The van der Waals surface area contributed by atoms with Gasteiger partial charge in [-0.3, -0.25) is 19.4 Å². The van der Waals surface area contributed by atoms with Crippen molar-refractivity contribution < 1.29 is 18.9 Å². The van der Waals surface area contributed by atoms with Gasteiger partial charge in [-0.05, 0) is 38.0 Å². The summed E-state index contributed by atoms with van der Waals surface area (Å²) in [5, 5.41) is 3.90. The van der Waals surface area contributed by atoms with Gasteiger partial charge in [-0.25, -0.2) is 0 Å². The molecule has 2 aromatic rings. The molecule has 9 heteroatoms. The molecule has 3 amide bonds. The molecule has 2 aromatic heterocycles. The van der Waals surface area contributed by atoms with Crippen molar-refractivity contribution in [3.05, 3.63) is 47.1 Å². The number of fused-ring (bicyclic) bond motifs is 1. The Morgan fingerprint density at radius 1 is 1.17 bits per heavy atom. The quantitative estimate of drug-likeness (QED) is 0.734. The predicted octanol–water partition coefficient (Wildman–Crippen LogP) is 0.701. The molecule has 0 bridgehead atoms. The number of piperazine rings is 1. The smallest absolute Gasteiger partial charge is 0.246 e. The standard InChI is InChI=1S/C21H25N5O4/c1-14-17(15(2)30-23-14)11-19(27)24-8-5-18-21(29)25(12-16-3-6-22-7-4-16)13-20(28)26(18)10-9-24/h3-4,6-7,18H,5,8-13H2,1-2H3. The fourth-order valence-electron chi connectivity index (χ4n) is 4.14. The Morgan fingerprint density at radius 2 is 1.93 bits per heavy atom. The van der Waals surface area contributed by atoms with Crippen LogP contribution >= 0.6 is 0 Å². The largest absolute Gasteiger partial charge is 0.361 e. The average Bonchev–Trinajstić information content (AvgIpc) is 2.94. The molecule has 4 rings (SSSR count). The van der Waals surface area contributed by atoms with E-state index in [0.29, 0.717) is 44.1 Å². The number of hydrogen-bond donors (Lipinski definition) is 0. The first kappa shape index (κ1) is 20.1. The number of hydrogen-bond acceptors (Lipinski definition) is 6. The Kier molecular flexibility index (Phi) is 5.52. The molecule has 0 spiro atoms. The maximum Gasteiger partial charge on any atom is 0.246 e. The van der Waals surface area contributed by atoms with Gasteiger partial charge in [0.1, 0.15) is 18.3 Å². The van der Waals surface area contributed by atoms with Crippen molar-refractivity contribution in [3.63, 3.8) is 0 Å². The minimum absolute atomic E-state index is 0.0437. The van der Waals surface area contributed by atoms with E-state index in [2.05, 4.69) is 10.1 Å². The number of carbonyl (C=O) groups excluding carboxylic acids is 3. The van der Waals surface area contributed by atoms with Crippen LogP contribution in [0.3, 0.4) is 0 Å². The van der Waals surface area contributed by atoms with Crippen molar-refractivity contribution in [1.82, 2.24) is 24.8 Å². The highest BCUT2D eigenvalue weighted by atomic mass is 16.5. The summed E-state index contributed by atoms with van der Waals surface area (Å²) in [6, 6.07) is 3.16. The molecule has 0 N–H and O–H groups in total. The lowest BCUT2D eigenvalue weighted by Crippen LogP contribution is -2.59. The third-order valence-electron chi connectivity index (χ3n) is 5.89. The van der Waals surface area contributed by atoms with Crippen LogP contribution in [0.5, 0.6) is 0 Å². The number of aromatic nitrogens is 2. The van der Waals surface area contributed by atoms with Crippen LogP contribution < -0.4 is 0 Å². The molecule has 1 atom stereocenters. The second-order valence-electron chi connectivity index (χ2n) is 7.80. The van der Waals surface area contributed by atoms with Crippen LogP contribution in [-0.4, -0.2) is 74.8 Å². The van der Waals surface area contributed by atoms with E-state index in [0.717, 1.165) is 11.1 Å². The molecule has 158 valence electrons. The number of nitrogens with zero attached hydrogens (tertiary/aromatic N) is 5. The Labute approximate surface area is 174 Å². The summed E-state index contributed by atoms with van der Waals surface area (Å²) >= 11 is 0. The van der Waals surface area contributed by atoms with Gasteiger partial charge < -0.3 is 19.2 Å². The van der Waals surface area contributed by atoms with Crippen molar-refractivity contribution in [2.24, 2.45) is 0 Å². The number of pyridine rings is 1. The van der Waals surface area contributed by atoms with E-state index >= 15 is 0 Å². The molecular formula is C21H25N5O4. The van der Waals surface area contributed by atoms with Crippen LogP contribution in [0.2, 0.25) is 0 Å². The first-order chi connectivity index (χ1) is 14.4. The average molecular weight is 411 g/mol. The van der Waals surface area contributed by atoms with Crippen LogP contribution in [0.4, 0.5) is 0 Å². The van der Waals surface area contributed by atoms with Gasteiger partial charge in [-0.15, -0.1) is 0 Å². The summed E-state index contributed by atoms with van der Waals surface area (Å²) in [6.45, 7) is 5.27. The van der Waals surface area contributed by atoms with Gasteiger partial charge in [0, 0.05) is 44.1 Å².